The summed E-state index contributed by atoms with van der Waals surface area (Å²) in [5, 5.41) is 10.5. The van der Waals surface area contributed by atoms with Gasteiger partial charge in [-0.2, -0.15) is 4.98 Å². The monoisotopic (exact) mass is 276 g/mol. The molecule has 3 rings (SSSR count). The molecule has 1 aliphatic rings. The van der Waals surface area contributed by atoms with Crippen LogP contribution in [-0.4, -0.2) is 46.8 Å². The topological polar surface area (TPSA) is 82.9 Å². The molecular formula is C13H20N6O. The van der Waals surface area contributed by atoms with E-state index in [0.717, 1.165) is 31.3 Å². The minimum absolute atomic E-state index is 0.644. The Bertz CT molecular complexity index is 561. The number of hydrogen-bond donors (Lipinski definition) is 2. The number of nitrogens with zero attached hydrogens (tertiary/aromatic N) is 4. The Balaban J connectivity index is 1.75. The van der Waals surface area contributed by atoms with E-state index in [4.69, 9.17) is 4.42 Å². The fourth-order valence-corrected chi connectivity index (χ4v) is 2.73. The van der Waals surface area contributed by atoms with Gasteiger partial charge in [-0.05, 0) is 39.3 Å². The van der Waals surface area contributed by atoms with Crippen molar-refractivity contribution in [2.45, 2.75) is 19.8 Å². The molecule has 1 saturated heterocycles. The average Bonchev–Trinajstić information content (AvgIpc) is 3.08. The summed E-state index contributed by atoms with van der Waals surface area (Å²) in [6.45, 7) is 4.93. The normalized spacial score (nSPS) is 19.5. The highest BCUT2D eigenvalue weighted by Gasteiger charge is 2.23. The van der Waals surface area contributed by atoms with Crippen LogP contribution in [-0.2, 0) is 0 Å². The maximum absolute atomic E-state index is 5.34. The van der Waals surface area contributed by atoms with Gasteiger partial charge in [0.25, 0.3) is 0 Å². The Morgan fingerprint density at radius 2 is 2.45 bits per heavy atom. The number of aromatic nitrogens is 4. The van der Waals surface area contributed by atoms with E-state index in [9.17, 15) is 0 Å². The number of nitrogens with one attached hydrogen (secondary N) is 2. The van der Waals surface area contributed by atoms with Crippen molar-refractivity contribution in [1.82, 2.24) is 25.5 Å². The zero-order valence-corrected chi connectivity index (χ0v) is 11.9. The van der Waals surface area contributed by atoms with Crippen molar-refractivity contribution in [2.24, 2.45) is 5.92 Å². The Labute approximate surface area is 117 Å². The lowest BCUT2D eigenvalue weighted by Gasteiger charge is -2.31. The third kappa shape index (κ3) is 2.53. The number of oxazole rings is 1. The van der Waals surface area contributed by atoms with Crippen molar-refractivity contribution in [2.75, 3.05) is 31.6 Å². The molecule has 1 atom stereocenters. The number of hydrogen-bond acceptors (Lipinski definition) is 6. The highest BCUT2D eigenvalue weighted by Crippen LogP contribution is 2.23. The first-order valence-electron chi connectivity index (χ1n) is 7.00. The second-order valence-corrected chi connectivity index (χ2v) is 5.26. The largest absolute Gasteiger partial charge is 0.440 e. The van der Waals surface area contributed by atoms with Crippen LogP contribution in [0.5, 0.6) is 0 Å². The second kappa shape index (κ2) is 5.62. The van der Waals surface area contributed by atoms with E-state index >= 15 is 0 Å². The first kappa shape index (κ1) is 13.1. The Kier molecular flexibility index (Phi) is 3.68. The number of anilines is 1. The maximum Gasteiger partial charge on any atom is 0.245 e. The van der Waals surface area contributed by atoms with Gasteiger partial charge in [-0.3, -0.25) is 5.10 Å². The van der Waals surface area contributed by atoms with Crippen LogP contribution in [0, 0.1) is 12.8 Å². The van der Waals surface area contributed by atoms with Crippen molar-refractivity contribution in [3.05, 3.63) is 12.1 Å². The molecular weight excluding hydrogens is 256 g/mol. The van der Waals surface area contributed by atoms with Gasteiger partial charge in [-0.25, -0.2) is 4.98 Å². The molecule has 0 aromatic carbocycles. The van der Waals surface area contributed by atoms with Gasteiger partial charge in [-0.1, -0.05) is 0 Å². The van der Waals surface area contributed by atoms with Gasteiger partial charge in [0.2, 0.25) is 5.95 Å². The van der Waals surface area contributed by atoms with Crippen molar-refractivity contribution < 1.29 is 4.42 Å². The smallest absolute Gasteiger partial charge is 0.245 e. The van der Waals surface area contributed by atoms with E-state index in [1.54, 1.807) is 0 Å². The SMILES string of the molecule is CNCC1CCCN(c2n[nH]c(-c3ocnc3C)n2)C1. The molecule has 2 N–H and O–H groups in total. The maximum atomic E-state index is 5.34. The summed E-state index contributed by atoms with van der Waals surface area (Å²) in [5.74, 6) is 2.71. The molecule has 1 fully saturated rings. The summed E-state index contributed by atoms with van der Waals surface area (Å²) in [4.78, 5) is 10.8. The van der Waals surface area contributed by atoms with Crippen molar-refractivity contribution >= 4 is 5.95 Å². The van der Waals surface area contributed by atoms with Crippen molar-refractivity contribution in [1.29, 1.82) is 0 Å². The number of H-pyrrole nitrogens is 1. The minimum atomic E-state index is 0.644. The molecule has 3 heterocycles. The zero-order valence-electron chi connectivity index (χ0n) is 11.9. The van der Waals surface area contributed by atoms with E-state index < -0.39 is 0 Å². The summed E-state index contributed by atoms with van der Waals surface area (Å²) in [7, 11) is 2.00. The summed E-state index contributed by atoms with van der Waals surface area (Å²) < 4.78 is 5.34. The molecule has 108 valence electrons. The average molecular weight is 276 g/mol. The number of aryl methyl sites for hydroxylation is 1. The Morgan fingerprint density at radius 1 is 1.55 bits per heavy atom. The van der Waals surface area contributed by atoms with Gasteiger partial charge in [0.15, 0.2) is 18.0 Å². The highest BCUT2D eigenvalue weighted by molar-refractivity contribution is 5.51. The van der Waals surface area contributed by atoms with Gasteiger partial charge in [0, 0.05) is 13.1 Å². The molecule has 0 amide bonds. The first-order valence-corrected chi connectivity index (χ1v) is 7.00. The summed E-state index contributed by atoms with van der Waals surface area (Å²) in [6.07, 6.45) is 3.87. The van der Waals surface area contributed by atoms with Gasteiger partial charge < -0.3 is 14.6 Å². The number of piperidine rings is 1. The molecule has 0 aliphatic carbocycles. The van der Waals surface area contributed by atoms with Crippen LogP contribution in [0.2, 0.25) is 0 Å². The molecule has 0 bridgehead atoms. The lowest BCUT2D eigenvalue weighted by atomic mass is 9.98. The molecule has 2 aromatic rings. The lowest BCUT2D eigenvalue weighted by molar-refractivity contribution is 0.399. The van der Waals surface area contributed by atoms with Crippen LogP contribution in [0.15, 0.2) is 10.8 Å². The minimum Gasteiger partial charge on any atom is -0.440 e. The number of rotatable bonds is 4. The van der Waals surface area contributed by atoms with Crippen molar-refractivity contribution in [3.8, 4) is 11.6 Å². The Morgan fingerprint density at radius 3 is 3.20 bits per heavy atom. The predicted molar refractivity (Wildman–Crippen MR) is 75.5 cm³/mol. The molecule has 1 aliphatic heterocycles. The molecule has 20 heavy (non-hydrogen) atoms. The summed E-state index contributed by atoms with van der Waals surface area (Å²) >= 11 is 0. The van der Waals surface area contributed by atoms with E-state index in [1.165, 1.54) is 19.2 Å². The molecule has 1 unspecified atom stereocenters. The van der Waals surface area contributed by atoms with Crippen LogP contribution in [0.4, 0.5) is 5.95 Å². The molecule has 0 spiro atoms. The van der Waals surface area contributed by atoms with E-state index in [1.807, 2.05) is 14.0 Å². The summed E-state index contributed by atoms with van der Waals surface area (Å²) in [5.41, 5.74) is 0.819. The number of aromatic amines is 1. The van der Waals surface area contributed by atoms with E-state index in [-0.39, 0.29) is 0 Å². The van der Waals surface area contributed by atoms with Crippen LogP contribution >= 0.6 is 0 Å². The molecule has 0 radical (unpaired) electrons. The van der Waals surface area contributed by atoms with E-state index in [2.05, 4.69) is 30.4 Å². The van der Waals surface area contributed by atoms with Gasteiger partial charge in [0.1, 0.15) is 0 Å². The zero-order chi connectivity index (χ0) is 13.9. The van der Waals surface area contributed by atoms with Crippen LogP contribution in [0.3, 0.4) is 0 Å². The van der Waals surface area contributed by atoms with Crippen LogP contribution < -0.4 is 10.2 Å². The molecule has 7 nitrogen and oxygen atoms in total. The highest BCUT2D eigenvalue weighted by atomic mass is 16.3. The molecule has 0 saturated carbocycles. The van der Waals surface area contributed by atoms with Gasteiger partial charge >= 0.3 is 0 Å². The molecule has 2 aromatic heterocycles. The first-order chi connectivity index (χ1) is 9.78. The third-order valence-electron chi connectivity index (χ3n) is 3.73. The van der Waals surface area contributed by atoms with Crippen molar-refractivity contribution in [3.63, 3.8) is 0 Å². The standard InChI is InChI=1S/C13H20N6O/c1-9-11(20-8-15-9)12-16-13(18-17-12)19-5-3-4-10(7-19)6-14-2/h8,10,14H,3-7H2,1-2H3,(H,16,17,18). The lowest BCUT2D eigenvalue weighted by Crippen LogP contribution is -2.39. The predicted octanol–water partition coefficient (Wildman–Crippen LogP) is 1.20. The van der Waals surface area contributed by atoms with Gasteiger partial charge in [0.05, 0.1) is 5.69 Å². The Hall–Kier alpha value is -1.89. The fourth-order valence-electron chi connectivity index (χ4n) is 2.73. The molecule has 7 heteroatoms. The van der Waals surface area contributed by atoms with Crippen LogP contribution in [0.25, 0.3) is 11.6 Å². The van der Waals surface area contributed by atoms with Gasteiger partial charge in [-0.15, -0.1) is 5.10 Å². The van der Waals surface area contributed by atoms with E-state index in [0.29, 0.717) is 17.5 Å². The second-order valence-electron chi connectivity index (χ2n) is 5.26. The quantitative estimate of drug-likeness (QED) is 0.873. The summed E-state index contributed by atoms with van der Waals surface area (Å²) in [6, 6.07) is 0. The third-order valence-corrected chi connectivity index (χ3v) is 3.73. The van der Waals surface area contributed by atoms with Crippen LogP contribution in [0.1, 0.15) is 18.5 Å². The fraction of sp³-hybridized carbons (Fsp3) is 0.615.